The van der Waals surface area contributed by atoms with Gasteiger partial charge in [-0.25, -0.2) is 4.79 Å². The minimum Gasteiger partial charge on any atom is -0.480 e. The van der Waals surface area contributed by atoms with Crippen LogP contribution in [0.4, 0.5) is 5.69 Å². The quantitative estimate of drug-likeness (QED) is 0.329. The smallest absolute Gasteiger partial charge is 0.326 e. The highest BCUT2D eigenvalue weighted by Gasteiger charge is 2.55. The summed E-state index contributed by atoms with van der Waals surface area (Å²) in [6.07, 6.45) is 5.57. The van der Waals surface area contributed by atoms with E-state index in [1.54, 1.807) is 6.92 Å². The van der Waals surface area contributed by atoms with Gasteiger partial charge in [0.2, 0.25) is 5.91 Å². The molecule has 0 aliphatic heterocycles. The van der Waals surface area contributed by atoms with Crippen LogP contribution in [0.3, 0.4) is 0 Å². The summed E-state index contributed by atoms with van der Waals surface area (Å²) in [7, 11) is 0. The van der Waals surface area contributed by atoms with Gasteiger partial charge in [0.25, 0.3) is 5.69 Å². The number of nitrogens with zero attached hydrogens (tertiary/aromatic N) is 1. The molecule has 0 spiro atoms. The molecule has 4 bridgehead atoms. The molecule has 2 atom stereocenters. The molecule has 1 aromatic carbocycles. The second-order valence-electron chi connectivity index (χ2n) is 9.95. The molecule has 5 rings (SSSR count). The van der Waals surface area contributed by atoms with Gasteiger partial charge in [0.1, 0.15) is 6.04 Å². The van der Waals surface area contributed by atoms with E-state index in [-0.39, 0.29) is 24.6 Å². The molecular weight excluding hydrogens is 428 g/mol. The Bertz CT molecular complexity index is 907. The summed E-state index contributed by atoms with van der Waals surface area (Å²) in [6, 6.07) is 4.07. The zero-order valence-electron chi connectivity index (χ0n) is 18.7. The number of amides is 1. The molecule has 178 valence electrons. The van der Waals surface area contributed by atoms with Crippen molar-refractivity contribution < 1.29 is 29.2 Å². The fourth-order valence-corrected chi connectivity index (χ4v) is 6.69. The van der Waals surface area contributed by atoms with E-state index in [1.807, 2.05) is 0 Å². The predicted molar refractivity (Wildman–Crippen MR) is 117 cm³/mol. The van der Waals surface area contributed by atoms with Gasteiger partial charge in [-0.3, -0.25) is 19.7 Å². The average Bonchev–Trinajstić information content (AvgIpc) is 2.75. The molecule has 0 radical (unpaired) electrons. The van der Waals surface area contributed by atoms with Crippen LogP contribution < -0.4 is 5.32 Å². The lowest BCUT2D eigenvalue weighted by atomic mass is 9.49. The molecule has 0 heterocycles. The van der Waals surface area contributed by atoms with Gasteiger partial charge in [0.05, 0.1) is 18.0 Å². The van der Waals surface area contributed by atoms with Crippen molar-refractivity contribution >= 4 is 23.5 Å². The van der Waals surface area contributed by atoms with Gasteiger partial charge < -0.3 is 15.2 Å². The number of rotatable bonds is 9. The number of ether oxygens (including phenoxy) is 1. The average molecular weight is 459 g/mol. The van der Waals surface area contributed by atoms with Crippen LogP contribution in [0.5, 0.6) is 0 Å². The Kier molecular flexibility index (Phi) is 6.41. The van der Waals surface area contributed by atoms with Crippen LogP contribution >= 0.6 is 0 Å². The normalized spacial score (nSPS) is 29.2. The molecule has 2 N–H and O–H groups in total. The van der Waals surface area contributed by atoms with Crippen molar-refractivity contribution in [2.45, 2.75) is 63.8 Å². The van der Waals surface area contributed by atoms with Crippen LogP contribution in [-0.2, 0) is 19.1 Å². The number of nitrogens with one attached hydrogen (secondary N) is 1. The number of carboxylic acids is 1. The summed E-state index contributed by atoms with van der Waals surface area (Å²) in [4.78, 5) is 48.6. The second kappa shape index (κ2) is 9.11. The van der Waals surface area contributed by atoms with E-state index in [1.165, 1.54) is 24.3 Å². The van der Waals surface area contributed by atoms with Crippen LogP contribution in [0, 0.1) is 33.3 Å². The third-order valence-corrected chi connectivity index (χ3v) is 7.70. The van der Waals surface area contributed by atoms with Crippen molar-refractivity contribution in [1.82, 2.24) is 5.32 Å². The second-order valence-corrected chi connectivity index (χ2v) is 9.95. The summed E-state index contributed by atoms with van der Waals surface area (Å²) in [6.45, 7) is 1.80. The lowest BCUT2D eigenvalue weighted by molar-refractivity contribution is -0.384. The predicted octanol–water partition coefficient (Wildman–Crippen LogP) is 3.42. The third kappa shape index (κ3) is 4.72. The first-order chi connectivity index (χ1) is 15.7. The van der Waals surface area contributed by atoms with Gasteiger partial charge >= 0.3 is 11.9 Å². The number of benzene rings is 1. The standard InChI is InChI=1S/C24H30N2O7/c1-2-33-20(27)10-19(17-3-5-18(6-4-17)26(31)32)21(22(28)29)25-23(30)24-11-14-7-15(12-24)9-16(8-14)13-24/h3-6,14-16,19,21H,2,7-13H2,1H3,(H,25,30)(H,28,29)/t14?,15?,16?,19-,21-,24?/m1/s1. The van der Waals surface area contributed by atoms with E-state index in [4.69, 9.17) is 4.74 Å². The van der Waals surface area contributed by atoms with Gasteiger partial charge in [-0.2, -0.15) is 0 Å². The summed E-state index contributed by atoms with van der Waals surface area (Å²) >= 11 is 0. The van der Waals surface area contributed by atoms with Crippen molar-refractivity contribution in [3.63, 3.8) is 0 Å². The highest BCUT2D eigenvalue weighted by atomic mass is 16.6. The van der Waals surface area contributed by atoms with Crippen molar-refractivity contribution in [2.75, 3.05) is 6.61 Å². The Labute approximate surface area is 192 Å². The number of carbonyl (C=O) groups excluding carboxylic acids is 2. The molecule has 4 fully saturated rings. The number of carboxylic acid groups (broad SMARTS) is 1. The first-order valence-corrected chi connectivity index (χ1v) is 11.6. The topological polar surface area (TPSA) is 136 Å². The highest BCUT2D eigenvalue weighted by molar-refractivity contribution is 5.89. The molecule has 4 aliphatic carbocycles. The van der Waals surface area contributed by atoms with E-state index in [2.05, 4.69) is 5.32 Å². The molecule has 0 saturated heterocycles. The Hall–Kier alpha value is -2.97. The van der Waals surface area contributed by atoms with Crippen LogP contribution in [0.1, 0.15) is 63.4 Å². The Balaban J connectivity index is 1.60. The maximum atomic E-state index is 13.5. The summed E-state index contributed by atoms with van der Waals surface area (Å²) < 4.78 is 5.04. The Morgan fingerprint density at radius 1 is 1.12 bits per heavy atom. The van der Waals surface area contributed by atoms with Crippen LogP contribution in [-0.4, -0.2) is 40.5 Å². The number of nitro groups is 1. The summed E-state index contributed by atoms with van der Waals surface area (Å²) in [5, 5.41) is 23.8. The first kappa shape index (κ1) is 23.2. The Morgan fingerprint density at radius 2 is 1.67 bits per heavy atom. The molecule has 1 amide bonds. The molecule has 9 nitrogen and oxygen atoms in total. The van der Waals surface area contributed by atoms with Gasteiger partial charge in [0, 0.05) is 23.5 Å². The molecule has 4 aliphatic rings. The van der Waals surface area contributed by atoms with Crippen molar-refractivity contribution in [2.24, 2.45) is 23.2 Å². The zero-order valence-corrected chi connectivity index (χ0v) is 18.7. The molecule has 0 aromatic heterocycles. The van der Waals surface area contributed by atoms with Gasteiger partial charge in [0.15, 0.2) is 0 Å². The SMILES string of the molecule is CCOC(=O)C[C@H](c1ccc([N+](=O)[O-])cc1)[C@@H](NC(=O)C12CC3CC(CC(C3)C1)C2)C(=O)O. The van der Waals surface area contributed by atoms with Crippen LogP contribution in [0.2, 0.25) is 0 Å². The van der Waals surface area contributed by atoms with E-state index in [0.29, 0.717) is 23.3 Å². The van der Waals surface area contributed by atoms with Gasteiger partial charge in [-0.15, -0.1) is 0 Å². The lowest BCUT2D eigenvalue weighted by Gasteiger charge is -2.55. The minimum atomic E-state index is -1.35. The van der Waals surface area contributed by atoms with E-state index in [9.17, 15) is 29.6 Å². The van der Waals surface area contributed by atoms with Crippen molar-refractivity contribution in [3.8, 4) is 0 Å². The first-order valence-electron chi connectivity index (χ1n) is 11.6. The number of hydrogen-bond donors (Lipinski definition) is 2. The van der Waals surface area contributed by atoms with Crippen LogP contribution in [0.15, 0.2) is 24.3 Å². The van der Waals surface area contributed by atoms with E-state index in [0.717, 1.165) is 38.5 Å². The van der Waals surface area contributed by atoms with Crippen LogP contribution in [0.25, 0.3) is 0 Å². The molecule has 0 unspecified atom stereocenters. The third-order valence-electron chi connectivity index (χ3n) is 7.70. The van der Waals surface area contributed by atoms with Crippen molar-refractivity contribution in [3.05, 3.63) is 39.9 Å². The number of non-ortho nitro benzene ring substituents is 1. The fourth-order valence-electron chi connectivity index (χ4n) is 6.69. The largest absolute Gasteiger partial charge is 0.480 e. The number of nitro benzene ring substituents is 1. The van der Waals surface area contributed by atoms with E-state index < -0.39 is 34.2 Å². The lowest BCUT2D eigenvalue weighted by Crippen LogP contribution is -2.57. The number of esters is 1. The number of hydrogen-bond acceptors (Lipinski definition) is 6. The van der Waals surface area contributed by atoms with Gasteiger partial charge in [-0.05, 0) is 68.8 Å². The van der Waals surface area contributed by atoms with E-state index >= 15 is 0 Å². The van der Waals surface area contributed by atoms with Gasteiger partial charge in [-0.1, -0.05) is 12.1 Å². The molecule has 1 aromatic rings. The maximum absolute atomic E-state index is 13.5. The highest BCUT2D eigenvalue weighted by Crippen LogP contribution is 2.60. The minimum absolute atomic E-state index is 0.141. The summed E-state index contributed by atoms with van der Waals surface area (Å²) in [5.41, 5.74) is -0.253. The molecule has 4 saturated carbocycles. The molecule has 33 heavy (non-hydrogen) atoms. The Morgan fingerprint density at radius 3 is 2.12 bits per heavy atom. The van der Waals surface area contributed by atoms with Crippen molar-refractivity contribution in [1.29, 1.82) is 0 Å². The summed E-state index contributed by atoms with van der Waals surface area (Å²) in [5.74, 6) is -1.43. The zero-order chi connectivity index (χ0) is 23.8. The monoisotopic (exact) mass is 458 g/mol. The number of carbonyl (C=O) groups is 3. The molecular formula is C24H30N2O7. The maximum Gasteiger partial charge on any atom is 0.326 e. The number of aliphatic carboxylic acids is 1. The molecule has 9 heteroatoms. The fraction of sp³-hybridized carbons (Fsp3) is 0.625.